The van der Waals surface area contributed by atoms with E-state index < -0.39 is 0 Å². The Morgan fingerprint density at radius 2 is 1.96 bits per heavy atom. The molecule has 0 aliphatic heterocycles. The number of nitrogens with one attached hydrogen (secondary N) is 1. The van der Waals surface area contributed by atoms with Crippen LogP contribution in [0.1, 0.15) is 22.3 Å². The number of ether oxygens (including phenoxy) is 1. The number of aromatic hydroxyl groups is 1. The topological polar surface area (TPSA) is 61.8 Å². The zero-order chi connectivity index (χ0) is 17.7. The van der Waals surface area contributed by atoms with Crippen LogP contribution in [0.15, 0.2) is 36.4 Å². The second-order valence-electron chi connectivity index (χ2n) is 5.95. The average molecular weight is 328 g/mol. The molecule has 24 heavy (non-hydrogen) atoms. The molecule has 0 unspecified atom stereocenters. The normalized spacial score (nSPS) is 10.3. The Bertz CT molecular complexity index is 729. The van der Waals surface area contributed by atoms with Gasteiger partial charge < -0.3 is 20.1 Å². The third-order valence-corrected chi connectivity index (χ3v) is 3.94. The molecule has 2 amide bonds. The highest BCUT2D eigenvalue weighted by Gasteiger charge is 2.11. The van der Waals surface area contributed by atoms with Crippen LogP contribution in [-0.4, -0.2) is 30.2 Å². The fraction of sp³-hybridized carbons (Fsp3) is 0.316. The molecular formula is C19H24N2O3. The van der Waals surface area contributed by atoms with E-state index in [0.717, 1.165) is 16.7 Å². The number of amides is 2. The molecule has 0 saturated heterocycles. The molecule has 0 heterocycles. The van der Waals surface area contributed by atoms with Crippen LogP contribution in [-0.2, 0) is 13.1 Å². The van der Waals surface area contributed by atoms with Gasteiger partial charge in [0.05, 0.1) is 7.11 Å². The summed E-state index contributed by atoms with van der Waals surface area (Å²) in [6.07, 6.45) is 0. The molecule has 2 rings (SSSR count). The summed E-state index contributed by atoms with van der Waals surface area (Å²) in [5, 5.41) is 12.7. The van der Waals surface area contributed by atoms with Crippen molar-refractivity contribution in [2.45, 2.75) is 26.9 Å². The molecule has 2 N–H and O–H groups in total. The number of methoxy groups -OCH3 is 1. The van der Waals surface area contributed by atoms with Gasteiger partial charge in [0, 0.05) is 20.1 Å². The third kappa shape index (κ3) is 4.41. The Labute approximate surface area is 142 Å². The minimum absolute atomic E-state index is 0.0686. The number of hydrogen-bond acceptors (Lipinski definition) is 3. The number of phenolic OH excluding ortho intramolecular Hbond substituents is 1. The van der Waals surface area contributed by atoms with E-state index in [4.69, 9.17) is 4.74 Å². The van der Waals surface area contributed by atoms with Crippen LogP contribution >= 0.6 is 0 Å². The van der Waals surface area contributed by atoms with Crippen molar-refractivity contribution in [1.29, 1.82) is 0 Å². The van der Waals surface area contributed by atoms with Gasteiger partial charge in [0.1, 0.15) is 0 Å². The summed E-state index contributed by atoms with van der Waals surface area (Å²) in [6, 6.07) is 11.1. The van der Waals surface area contributed by atoms with Crippen LogP contribution in [0.2, 0.25) is 0 Å². The maximum absolute atomic E-state index is 12.2. The van der Waals surface area contributed by atoms with Crippen molar-refractivity contribution in [3.05, 3.63) is 58.7 Å². The molecule has 0 atom stereocenters. The van der Waals surface area contributed by atoms with Gasteiger partial charge in [-0.05, 0) is 42.7 Å². The number of carbonyl (C=O) groups excluding carboxylic acids is 1. The maximum Gasteiger partial charge on any atom is 0.317 e. The summed E-state index contributed by atoms with van der Waals surface area (Å²) in [4.78, 5) is 13.8. The lowest BCUT2D eigenvalue weighted by atomic mass is 10.1. The smallest absolute Gasteiger partial charge is 0.317 e. The van der Waals surface area contributed by atoms with Crippen molar-refractivity contribution >= 4 is 6.03 Å². The van der Waals surface area contributed by atoms with Crippen molar-refractivity contribution in [2.24, 2.45) is 0 Å². The SMILES string of the molecule is COc1ccc(CN(C)C(=O)NCc2ccc(C)cc2C)cc1O. The molecular weight excluding hydrogens is 304 g/mol. The first kappa shape index (κ1) is 17.7. The number of hydrogen-bond donors (Lipinski definition) is 2. The van der Waals surface area contributed by atoms with Crippen molar-refractivity contribution < 1.29 is 14.6 Å². The summed E-state index contributed by atoms with van der Waals surface area (Å²) in [7, 11) is 3.22. The van der Waals surface area contributed by atoms with Gasteiger partial charge in [0.15, 0.2) is 11.5 Å². The molecule has 0 bridgehead atoms. The highest BCUT2D eigenvalue weighted by molar-refractivity contribution is 5.74. The van der Waals surface area contributed by atoms with Crippen LogP contribution in [0, 0.1) is 13.8 Å². The summed E-state index contributed by atoms with van der Waals surface area (Å²) in [5.74, 6) is 0.486. The minimum Gasteiger partial charge on any atom is -0.504 e. The Kier molecular flexibility index (Phi) is 5.68. The van der Waals surface area contributed by atoms with Gasteiger partial charge in [-0.15, -0.1) is 0 Å². The van der Waals surface area contributed by atoms with E-state index in [0.29, 0.717) is 18.8 Å². The Hall–Kier alpha value is -2.69. The van der Waals surface area contributed by atoms with Gasteiger partial charge in [0.25, 0.3) is 0 Å². The molecule has 0 aliphatic carbocycles. The number of carbonyl (C=O) groups is 1. The average Bonchev–Trinajstić information content (AvgIpc) is 2.54. The Morgan fingerprint density at radius 3 is 2.58 bits per heavy atom. The lowest BCUT2D eigenvalue weighted by Crippen LogP contribution is -2.36. The predicted octanol–water partition coefficient (Wildman–Crippen LogP) is 3.36. The van der Waals surface area contributed by atoms with E-state index in [1.807, 2.05) is 32.0 Å². The maximum atomic E-state index is 12.2. The first-order valence-electron chi connectivity index (χ1n) is 7.81. The van der Waals surface area contributed by atoms with Crippen molar-refractivity contribution in [1.82, 2.24) is 10.2 Å². The number of phenols is 1. The van der Waals surface area contributed by atoms with Gasteiger partial charge >= 0.3 is 6.03 Å². The Balaban J connectivity index is 1.93. The number of rotatable bonds is 5. The molecule has 5 nitrogen and oxygen atoms in total. The lowest BCUT2D eigenvalue weighted by Gasteiger charge is -2.19. The molecule has 0 fully saturated rings. The first-order chi connectivity index (χ1) is 11.4. The van der Waals surface area contributed by atoms with Crippen LogP contribution in [0.3, 0.4) is 0 Å². The molecule has 0 aromatic heterocycles. The van der Waals surface area contributed by atoms with E-state index in [2.05, 4.69) is 11.4 Å². The third-order valence-electron chi connectivity index (χ3n) is 3.94. The number of aryl methyl sites for hydroxylation is 2. The highest BCUT2D eigenvalue weighted by atomic mass is 16.5. The standard InChI is InChI=1S/C19H24N2O3/c1-13-5-7-16(14(2)9-13)11-20-19(23)21(3)12-15-6-8-18(24-4)17(22)10-15/h5-10,22H,11-12H2,1-4H3,(H,20,23). The van der Waals surface area contributed by atoms with Crippen LogP contribution in [0.25, 0.3) is 0 Å². The fourth-order valence-electron chi connectivity index (χ4n) is 2.53. The second-order valence-corrected chi connectivity index (χ2v) is 5.95. The largest absolute Gasteiger partial charge is 0.504 e. The number of nitrogens with zero attached hydrogens (tertiary/aromatic N) is 1. The Morgan fingerprint density at radius 1 is 1.21 bits per heavy atom. The molecule has 0 radical (unpaired) electrons. The quantitative estimate of drug-likeness (QED) is 0.885. The van der Waals surface area contributed by atoms with Crippen molar-refractivity contribution in [3.8, 4) is 11.5 Å². The molecule has 128 valence electrons. The van der Waals surface area contributed by atoms with Gasteiger partial charge in [-0.25, -0.2) is 4.79 Å². The number of urea groups is 1. The van der Waals surface area contributed by atoms with E-state index >= 15 is 0 Å². The highest BCUT2D eigenvalue weighted by Crippen LogP contribution is 2.26. The van der Waals surface area contributed by atoms with Gasteiger partial charge in [0.2, 0.25) is 0 Å². The van der Waals surface area contributed by atoms with E-state index in [1.54, 1.807) is 24.1 Å². The van der Waals surface area contributed by atoms with Gasteiger partial charge in [-0.1, -0.05) is 29.8 Å². The minimum atomic E-state index is -0.162. The molecule has 0 saturated carbocycles. The van der Waals surface area contributed by atoms with Crippen LogP contribution in [0.4, 0.5) is 4.79 Å². The van der Waals surface area contributed by atoms with Gasteiger partial charge in [-0.2, -0.15) is 0 Å². The van der Waals surface area contributed by atoms with E-state index in [9.17, 15) is 9.90 Å². The monoisotopic (exact) mass is 328 g/mol. The summed E-state index contributed by atoms with van der Waals surface area (Å²) < 4.78 is 5.02. The summed E-state index contributed by atoms with van der Waals surface area (Å²) in [5.41, 5.74) is 4.30. The molecule has 5 heteroatoms. The fourth-order valence-corrected chi connectivity index (χ4v) is 2.53. The summed E-state index contributed by atoms with van der Waals surface area (Å²) >= 11 is 0. The van der Waals surface area contributed by atoms with Crippen LogP contribution in [0.5, 0.6) is 11.5 Å². The van der Waals surface area contributed by atoms with Crippen LogP contribution < -0.4 is 10.1 Å². The van der Waals surface area contributed by atoms with E-state index in [1.165, 1.54) is 12.7 Å². The van der Waals surface area contributed by atoms with Gasteiger partial charge in [-0.3, -0.25) is 0 Å². The van der Waals surface area contributed by atoms with E-state index in [-0.39, 0.29) is 11.8 Å². The number of benzene rings is 2. The van der Waals surface area contributed by atoms with Crippen molar-refractivity contribution in [2.75, 3.05) is 14.2 Å². The molecule has 2 aromatic rings. The molecule has 0 spiro atoms. The molecule has 2 aromatic carbocycles. The lowest BCUT2D eigenvalue weighted by molar-refractivity contribution is 0.206. The predicted molar refractivity (Wildman–Crippen MR) is 94.3 cm³/mol. The second kappa shape index (κ2) is 7.73. The molecule has 0 aliphatic rings. The first-order valence-corrected chi connectivity index (χ1v) is 7.81. The van der Waals surface area contributed by atoms with Crippen molar-refractivity contribution in [3.63, 3.8) is 0 Å². The zero-order valence-corrected chi connectivity index (χ0v) is 14.6. The zero-order valence-electron chi connectivity index (χ0n) is 14.6. The summed E-state index contributed by atoms with van der Waals surface area (Å²) in [6.45, 7) is 4.98.